The maximum atomic E-state index is 11.2. The Morgan fingerprint density at radius 2 is 1.80 bits per heavy atom. The Morgan fingerprint density at radius 3 is 2.27 bits per heavy atom. The van der Waals surface area contributed by atoms with Crippen LogP contribution in [-0.2, 0) is 6.54 Å². The van der Waals surface area contributed by atoms with Gasteiger partial charge in [-0.15, -0.1) is 0 Å². The van der Waals surface area contributed by atoms with Crippen LogP contribution in [0.4, 0.5) is 0 Å². The van der Waals surface area contributed by atoms with Gasteiger partial charge in [-0.25, -0.2) is 24.4 Å². The van der Waals surface area contributed by atoms with Crippen LogP contribution in [0.15, 0.2) is 9.59 Å². The van der Waals surface area contributed by atoms with E-state index in [1.54, 1.807) is 0 Å². The SMILES string of the molecule is CC(C)(CCCO)Cn1c(=O)[nH][nH]c1=O. The highest BCUT2D eigenvalue weighted by atomic mass is 16.3. The fraction of sp³-hybridized carbons (Fsp3) is 0.778. The first-order valence-electron chi connectivity index (χ1n) is 4.95. The summed E-state index contributed by atoms with van der Waals surface area (Å²) in [5.74, 6) is 0. The molecule has 0 aliphatic rings. The van der Waals surface area contributed by atoms with E-state index in [0.717, 1.165) is 11.0 Å². The van der Waals surface area contributed by atoms with Gasteiger partial charge in [0, 0.05) is 13.2 Å². The first-order valence-corrected chi connectivity index (χ1v) is 4.95. The van der Waals surface area contributed by atoms with Gasteiger partial charge in [0.15, 0.2) is 0 Å². The number of hydrogen-bond donors (Lipinski definition) is 3. The third kappa shape index (κ3) is 3.09. The number of aliphatic hydroxyl groups excluding tert-OH is 1. The second kappa shape index (κ2) is 4.48. The van der Waals surface area contributed by atoms with E-state index >= 15 is 0 Å². The predicted octanol–water partition coefficient (Wildman–Crippen LogP) is -0.337. The van der Waals surface area contributed by atoms with Gasteiger partial charge in [-0.1, -0.05) is 13.8 Å². The number of rotatable bonds is 5. The number of hydrogen-bond acceptors (Lipinski definition) is 3. The van der Waals surface area contributed by atoms with Crippen LogP contribution in [-0.4, -0.2) is 26.5 Å². The maximum absolute atomic E-state index is 11.2. The van der Waals surface area contributed by atoms with Crippen molar-refractivity contribution in [2.24, 2.45) is 5.41 Å². The van der Waals surface area contributed by atoms with Crippen molar-refractivity contribution in [3.05, 3.63) is 21.0 Å². The fourth-order valence-electron chi connectivity index (χ4n) is 1.54. The summed E-state index contributed by atoms with van der Waals surface area (Å²) in [6.07, 6.45) is 1.44. The van der Waals surface area contributed by atoms with Gasteiger partial charge >= 0.3 is 11.4 Å². The highest BCUT2D eigenvalue weighted by molar-refractivity contribution is 4.74. The van der Waals surface area contributed by atoms with E-state index in [4.69, 9.17) is 5.11 Å². The topological polar surface area (TPSA) is 90.9 Å². The molecule has 0 saturated heterocycles. The van der Waals surface area contributed by atoms with Gasteiger partial charge in [0.1, 0.15) is 0 Å². The van der Waals surface area contributed by atoms with E-state index in [-0.39, 0.29) is 12.0 Å². The smallest absolute Gasteiger partial charge is 0.344 e. The van der Waals surface area contributed by atoms with Crippen molar-refractivity contribution in [1.29, 1.82) is 0 Å². The molecule has 1 rings (SSSR count). The molecule has 0 aliphatic heterocycles. The zero-order chi connectivity index (χ0) is 11.5. The van der Waals surface area contributed by atoms with Gasteiger partial charge in [-0.2, -0.15) is 0 Å². The van der Waals surface area contributed by atoms with Crippen LogP contribution in [0.3, 0.4) is 0 Å². The standard InChI is InChI=1S/C9H17N3O3/c1-9(2,4-3-5-13)6-12-7(14)10-11-8(12)15/h13H,3-6H2,1-2H3,(H,10,14)(H,11,15). The van der Waals surface area contributed by atoms with Crippen molar-refractivity contribution in [2.75, 3.05) is 6.61 Å². The third-order valence-electron chi connectivity index (χ3n) is 2.36. The van der Waals surface area contributed by atoms with Gasteiger partial charge in [-0.05, 0) is 18.3 Å². The molecule has 0 saturated carbocycles. The molecule has 86 valence electrons. The molecule has 0 fully saturated rings. The molecule has 1 aromatic heterocycles. The molecule has 0 bridgehead atoms. The van der Waals surface area contributed by atoms with Crippen LogP contribution in [0.5, 0.6) is 0 Å². The molecule has 15 heavy (non-hydrogen) atoms. The first kappa shape index (κ1) is 11.8. The Labute approximate surface area is 86.9 Å². The molecule has 0 atom stereocenters. The lowest BCUT2D eigenvalue weighted by Gasteiger charge is -2.23. The number of aromatic nitrogens is 3. The lowest BCUT2D eigenvalue weighted by atomic mass is 9.88. The normalized spacial score (nSPS) is 11.9. The van der Waals surface area contributed by atoms with Crippen LogP contribution in [0, 0.1) is 5.41 Å². The van der Waals surface area contributed by atoms with Crippen molar-refractivity contribution in [3.63, 3.8) is 0 Å². The molecule has 1 aromatic rings. The second-order valence-corrected chi connectivity index (χ2v) is 4.44. The average Bonchev–Trinajstić information content (AvgIpc) is 2.46. The molecule has 6 nitrogen and oxygen atoms in total. The number of nitrogens with zero attached hydrogens (tertiary/aromatic N) is 1. The molecule has 0 unspecified atom stereocenters. The second-order valence-electron chi connectivity index (χ2n) is 4.44. The van der Waals surface area contributed by atoms with Gasteiger partial charge < -0.3 is 5.11 Å². The summed E-state index contributed by atoms with van der Waals surface area (Å²) < 4.78 is 1.14. The number of H-pyrrole nitrogens is 2. The van der Waals surface area contributed by atoms with E-state index in [1.807, 2.05) is 13.8 Å². The number of nitrogens with one attached hydrogen (secondary N) is 2. The Bertz CT molecular complexity index is 385. The number of aromatic amines is 2. The summed E-state index contributed by atoms with van der Waals surface area (Å²) in [6, 6.07) is 0. The van der Waals surface area contributed by atoms with Crippen LogP contribution < -0.4 is 11.4 Å². The summed E-state index contributed by atoms with van der Waals surface area (Å²) >= 11 is 0. The minimum Gasteiger partial charge on any atom is -0.396 e. The monoisotopic (exact) mass is 215 g/mol. The molecule has 6 heteroatoms. The van der Waals surface area contributed by atoms with Gasteiger partial charge in [0.05, 0.1) is 0 Å². The summed E-state index contributed by atoms with van der Waals surface area (Å²) in [7, 11) is 0. The third-order valence-corrected chi connectivity index (χ3v) is 2.36. The molecular weight excluding hydrogens is 198 g/mol. The molecule has 1 heterocycles. The quantitative estimate of drug-likeness (QED) is 0.627. The van der Waals surface area contributed by atoms with Crippen molar-refractivity contribution in [1.82, 2.24) is 14.8 Å². The first-order chi connectivity index (χ1) is 6.96. The van der Waals surface area contributed by atoms with E-state index < -0.39 is 11.4 Å². The van der Waals surface area contributed by atoms with Crippen LogP contribution in [0.2, 0.25) is 0 Å². The lowest BCUT2D eigenvalue weighted by molar-refractivity contribution is 0.219. The summed E-state index contributed by atoms with van der Waals surface area (Å²) in [4.78, 5) is 22.4. The molecule has 0 spiro atoms. The number of aliphatic hydroxyl groups is 1. The van der Waals surface area contributed by atoms with Gasteiger partial charge in [0.2, 0.25) is 0 Å². The molecular formula is C9H17N3O3. The summed E-state index contributed by atoms with van der Waals surface area (Å²) in [6.45, 7) is 4.40. The molecule has 0 aliphatic carbocycles. The fourth-order valence-corrected chi connectivity index (χ4v) is 1.54. The van der Waals surface area contributed by atoms with E-state index in [1.165, 1.54) is 0 Å². The molecule has 0 amide bonds. The van der Waals surface area contributed by atoms with Gasteiger partial charge in [-0.3, -0.25) is 0 Å². The Kier molecular flexibility index (Phi) is 3.52. The average molecular weight is 215 g/mol. The van der Waals surface area contributed by atoms with E-state index in [2.05, 4.69) is 10.2 Å². The zero-order valence-electron chi connectivity index (χ0n) is 9.04. The molecule has 0 aromatic carbocycles. The van der Waals surface area contributed by atoms with Crippen LogP contribution in [0.1, 0.15) is 26.7 Å². The molecule has 0 radical (unpaired) electrons. The lowest BCUT2D eigenvalue weighted by Crippen LogP contribution is -2.33. The minimum atomic E-state index is -0.419. The van der Waals surface area contributed by atoms with Crippen molar-refractivity contribution < 1.29 is 5.11 Å². The summed E-state index contributed by atoms with van der Waals surface area (Å²) in [5.41, 5.74) is -1.02. The van der Waals surface area contributed by atoms with Crippen LogP contribution >= 0.6 is 0 Å². The Balaban J connectivity index is 2.77. The van der Waals surface area contributed by atoms with Crippen molar-refractivity contribution >= 4 is 0 Å². The Morgan fingerprint density at radius 1 is 1.27 bits per heavy atom. The Hall–Kier alpha value is -1.30. The largest absolute Gasteiger partial charge is 0.396 e. The van der Waals surface area contributed by atoms with Gasteiger partial charge in [0.25, 0.3) is 0 Å². The van der Waals surface area contributed by atoms with E-state index in [9.17, 15) is 9.59 Å². The van der Waals surface area contributed by atoms with Crippen molar-refractivity contribution in [2.45, 2.75) is 33.2 Å². The molecule has 3 N–H and O–H groups in total. The highest BCUT2D eigenvalue weighted by Crippen LogP contribution is 2.23. The van der Waals surface area contributed by atoms with E-state index in [0.29, 0.717) is 13.0 Å². The highest BCUT2D eigenvalue weighted by Gasteiger charge is 2.20. The predicted molar refractivity (Wildman–Crippen MR) is 55.8 cm³/mol. The maximum Gasteiger partial charge on any atom is 0.344 e. The minimum absolute atomic E-state index is 0.127. The zero-order valence-corrected chi connectivity index (χ0v) is 9.04. The van der Waals surface area contributed by atoms with Crippen LogP contribution in [0.25, 0.3) is 0 Å². The van der Waals surface area contributed by atoms with Crippen molar-refractivity contribution in [3.8, 4) is 0 Å². The summed E-state index contributed by atoms with van der Waals surface area (Å²) in [5, 5.41) is 13.2.